The normalized spacial score (nSPS) is 13.2. The molecule has 0 aromatic heterocycles. The first-order valence-electron chi connectivity index (χ1n) is 6.51. The molecule has 0 aliphatic heterocycles. The van der Waals surface area contributed by atoms with E-state index in [1.165, 1.54) is 7.05 Å². The van der Waals surface area contributed by atoms with Crippen LogP contribution in [0.25, 0.3) is 0 Å². The van der Waals surface area contributed by atoms with Gasteiger partial charge in [-0.05, 0) is 47.5 Å². The van der Waals surface area contributed by atoms with Gasteiger partial charge in [0.05, 0.1) is 17.6 Å². The van der Waals surface area contributed by atoms with Crippen molar-refractivity contribution >= 4 is 27.9 Å². The maximum absolute atomic E-state index is 11.8. The molecule has 0 aliphatic rings. The van der Waals surface area contributed by atoms with Gasteiger partial charge in [0.15, 0.2) is 0 Å². The van der Waals surface area contributed by atoms with E-state index in [4.69, 9.17) is 4.74 Å². The van der Waals surface area contributed by atoms with E-state index in [9.17, 15) is 9.59 Å². The van der Waals surface area contributed by atoms with Crippen molar-refractivity contribution in [1.29, 1.82) is 0 Å². The van der Waals surface area contributed by atoms with E-state index in [-0.39, 0.29) is 11.9 Å². The van der Waals surface area contributed by atoms with Gasteiger partial charge in [-0.25, -0.2) is 4.79 Å². The molecule has 0 saturated heterocycles. The highest BCUT2D eigenvalue weighted by atomic mass is 79.9. The average molecular weight is 358 g/mol. The second-order valence-corrected chi connectivity index (χ2v) is 5.43. The van der Waals surface area contributed by atoms with Crippen LogP contribution in [0.1, 0.15) is 25.5 Å². The van der Waals surface area contributed by atoms with Crippen LogP contribution < -0.4 is 20.7 Å². The maximum Gasteiger partial charge on any atom is 0.321 e. The number of hydrogen-bond donors (Lipinski definition) is 3. The van der Waals surface area contributed by atoms with Crippen molar-refractivity contribution < 1.29 is 14.3 Å². The number of imide groups is 1. The molecule has 0 heterocycles. The number of methoxy groups -OCH3 is 1. The average Bonchev–Trinajstić information content (AvgIpc) is 2.46. The minimum atomic E-state index is -0.520. The molecule has 1 rings (SSSR count). The lowest BCUT2D eigenvalue weighted by molar-refractivity contribution is -0.121. The van der Waals surface area contributed by atoms with E-state index in [1.807, 2.05) is 25.1 Å². The quantitative estimate of drug-likeness (QED) is 0.752. The predicted octanol–water partition coefficient (Wildman–Crippen LogP) is 1.95. The minimum absolute atomic E-state index is 0.0577. The number of carbonyl (C=O) groups excluding carboxylic acids is 2. The number of hydrogen-bond acceptors (Lipinski definition) is 4. The number of urea groups is 1. The second-order valence-electron chi connectivity index (χ2n) is 4.57. The van der Waals surface area contributed by atoms with Crippen LogP contribution in [0, 0.1) is 0 Å². The summed E-state index contributed by atoms with van der Waals surface area (Å²) in [6, 6.07) is 4.63. The Morgan fingerprint density at radius 2 is 1.95 bits per heavy atom. The largest absolute Gasteiger partial charge is 0.496 e. The van der Waals surface area contributed by atoms with Gasteiger partial charge in [-0.3, -0.25) is 15.4 Å². The first-order valence-corrected chi connectivity index (χ1v) is 7.30. The number of amides is 3. The number of benzene rings is 1. The van der Waals surface area contributed by atoms with Gasteiger partial charge in [0.25, 0.3) is 0 Å². The van der Waals surface area contributed by atoms with E-state index in [2.05, 4.69) is 31.9 Å². The van der Waals surface area contributed by atoms with Crippen molar-refractivity contribution in [2.45, 2.75) is 25.9 Å². The molecule has 0 saturated carbocycles. The molecule has 2 atom stereocenters. The Bertz CT molecular complexity index is 522. The third-order valence-electron chi connectivity index (χ3n) is 3.03. The molecule has 0 unspecified atom stereocenters. The zero-order valence-corrected chi connectivity index (χ0v) is 14.1. The molecule has 0 radical (unpaired) electrons. The molecule has 21 heavy (non-hydrogen) atoms. The van der Waals surface area contributed by atoms with Crippen LogP contribution in [0.4, 0.5) is 4.79 Å². The van der Waals surface area contributed by atoms with E-state index >= 15 is 0 Å². The Morgan fingerprint density at radius 3 is 2.48 bits per heavy atom. The van der Waals surface area contributed by atoms with Crippen molar-refractivity contribution in [1.82, 2.24) is 16.0 Å². The monoisotopic (exact) mass is 357 g/mol. The molecule has 3 amide bonds. The van der Waals surface area contributed by atoms with Crippen LogP contribution >= 0.6 is 15.9 Å². The van der Waals surface area contributed by atoms with Crippen LogP contribution in [0.5, 0.6) is 5.75 Å². The van der Waals surface area contributed by atoms with Crippen molar-refractivity contribution in [3.63, 3.8) is 0 Å². The van der Waals surface area contributed by atoms with Gasteiger partial charge in [-0.1, -0.05) is 6.07 Å². The number of nitrogens with one attached hydrogen (secondary N) is 3. The summed E-state index contributed by atoms with van der Waals surface area (Å²) in [6.07, 6.45) is 0. The molecule has 1 aromatic carbocycles. The lowest BCUT2D eigenvalue weighted by Crippen LogP contribution is -2.47. The van der Waals surface area contributed by atoms with Crippen molar-refractivity contribution in [2.24, 2.45) is 0 Å². The van der Waals surface area contributed by atoms with Crippen molar-refractivity contribution in [3.05, 3.63) is 28.2 Å². The molecule has 1 aromatic rings. The minimum Gasteiger partial charge on any atom is -0.496 e. The summed E-state index contributed by atoms with van der Waals surface area (Å²) in [5.41, 5.74) is 1.00. The highest BCUT2D eigenvalue weighted by Crippen LogP contribution is 2.28. The molecule has 0 bridgehead atoms. The van der Waals surface area contributed by atoms with Crippen molar-refractivity contribution in [2.75, 3.05) is 14.2 Å². The smallest absolute Gasteiger partial charge is 0.321 e. The molecule has 116 valence electrons. The van der Waals surface area contributed by atoms with Gasteiger partial charge < -0.3 is 10.1 Å². The molecule has 0 fully saturated rings. The summed E-state index contributed by atoms with van der Waals surface area (Å²) >= 11 is 3.43. The maximum atomic E-state index is 11.8. The number of rotatable bonds is 5. The Hall–Kier alpha value is -1.60. The summed E-state index contributed by atoms with van der Waals surface area (Å²) in [7, 11) is 3.06. The number of carbonyl (C=O) groups is 2. The Labute approximate surface area is 132 Å². The third-order valence-corrected chi connectivity index (χ3v) is 3.65. The summed E-state index contributed by atoms with van der Waals surface area (Å²) in [5.74, 6) is 0.366. The highest BCUT2D eigenvalue weighted by molar-refractivity contribution is 9.10. The van der Waals surface area contributed by atoms with E-state index in [0.717, 1.165) is 15.8 Å². The fraction of sp³-hybridized carbons (Fsp3) is 0.429. The Balaban J connectivity index is 2.67. The van der Waals surface area contributed by atoms with E-state index in [1.54, 1.807) is 14.0 Å². The zero-order chi connectivity index (χ0) is 16.0. The van der Waals surface area contributed by atoms with Crippen LogP contribution in [0.15, 0.2) is 22.7 Å². The molecule has 0 aliphatic carbocycles. The van der Waals surface area contributed by atoms with Gasteiger partial charge in [0, 0.05) is 13.1 Å². The molecular formula is C14H20BrN3O3. The molecular weight excluding hydrogens is 338 g/mol. The molecule has 7 heteroatoms. The third kappa shape index (κ3) is 5.02. The van der Waals surface area contributed by atoms with Gasteiger partial charge in [-0.15, -0.1) is 0 Å². The second kappa shape index (κ2) is 7.99. The lowest BCUT2D eigenvalue weighted by atomic mass is 10.1. The summed E-state index contributed by atoms with van der Waals surface area (Å²) in [4.78, 5) is 22.9. The highest BCUT2D eigenvalue weighted by Gasteiger charge is 2.18. The van der Waals surface area contributed by atoms with Gasteiger partial charge in [0.2, 0.25) is 5.91 Å². The SMILES string of the molecule is CNC(=O)NC(=O)[C@H](C)N[C@H](C)c1ccc(OC)c(Br)c1. The summed E-state index contributed by atoms with van der Waals surface area (Å²) in [5, 5.41) is 7.71. The fourth-order valence-electron chi connectivity index (χ4n) is 1.78. The van der Waals surface area contributed by atoms with Crippen molar-refractivity contribution in [3.8, 4) is 5.75 Å². The first kappa shape index (κ1) is 17.5. The Kier molecular flexibility index (Phi) is 6.64. The number of halogens is 1. The van der Waals surface area contributed by atoms with Gasteiger partial charge >= 0.3 is 6.03 Å². The van der Waals surface area contributed by atoms with E-state index in [0.29, 0.717) is 0 Å². The molecule has 6 nitrogen and oxygen atoms in total. The molecule has 3 N–H and O–H groups in total. The Morgan fingerprint density at radius 1 is 1.29 bits per heavy atom. The van der Waals surface area contributed by atoms with Gasteiger partial charge in [-0.2, -0.15) is 0 Å². The topological polar surface area (TPSA) is 79.5 Å². The van der Waals surface area contributed by atoms with Crippen LogP contribution in [0.3, 0.4) is 0 Å². The standard InChI is InChI=1S/C14H20BrN3O3/c1-8(10-5-6-12(21-4)11(15)7-10)17-9(2)13(19)18-14(20)16-3/h5-9,17H,1-4H3,(H2,16,18,19,20)/t8-,9+/m1/s1. The molecule has 0 spiro atoms. The van der Waals surface area contributed by atoms with Gasteiger partial charge in [0.1, 0.15) is 5.75 Å². The first-order chi connectivity index (χ1) is 9.88. The van der Waals surface area contributed by atoms with Crippen LogP contribution in [-0.2, 0) is 4.79 Å². The predicted molar refractivity (Wildman–Crippen MR) is 84.3 cm³/mol. The fourth-order valence-corrected chi connectivity index (χ4v) is 2.34. The summed E-state index contributed by atoms with van der Waals surface area (Å²) in [6.45, 7) is 3.64. The lowest BCUT2D eigenvalue weighted by Gasteiger charge is -2.20. The van der Waals surface area contributed by atoms with E-state index < -0.39 is 12.1 Å². The number of ether oxygens (including phenoxy) is 1. The van der Waals surface area contributed by atoms with Crippen LogP contribution in [-0.4, -0.2) is 32.1 Å². The zero-order valence-electron chi connectivity index (χ0n) is 12.5. The summed E-state index contributed by atoms with van der Waals surface area (Å²) < 4.78 is 6.03. The van der Waals surface area contributed by atoms with Crippen LogP contribution in [0.2, 0.25) is 0 Å².